The van der Waals surface area contributed by atoms with Crippen molar-refractivity contribution >= 4 is 65.4 Å². The van der Waals surface area contributed by atoms with Crippen LogP contribution < -0.4 is 0 Å². The molecule has 0 saturated heterocycles. The van der Waals surface area contributed by atoms with E-state index in [1.54, 1.807) is 6.07 Å². The van der Waals surface area contributed by atoms with Crippen molar-refractivity contribution in [2.45, 2.75) is 57.8 Å². The Hall–Kier alpha value is -18.6. The molecule has 27 rings (SSSR count). The molecule has 0 fully saturated rings. The zero-order chi connectivity index (χ0) is 95.6. The van der Waals surface area contributed by atoms with Crippen molar-refractivity contribution < 1.29 is 0 Å². The Labute approximate surface area is 821 Å². The molecule has 18 aromatic carbocycles. The second kappa shape index (κ2) is 34.0. The topological polar surface area (TPSA) is 165 Å². The summed E-state index contributed by atoms with van der Waals surface area (Å²) in [7, 11) is 0. The lowest BCUT2D eigenvalue weighted by Crippen LogP contribution is -2.15. The molecule has 0 saturated carbocycles. The van der Waals surface area contributed by atoms with E-state index >= 15 is 0 Å². The summed E-state index contributed by atoms with van der Waals surface area (Å²) >= 11 is 0. The summed E-state index contributed by atoms with van der Waals surface area (Å²) < 4.78 is 7.14. The van der Waals surface area contributed by atoms with Crippen LogP contribution in [0.4, 0.5) is 0 Å². The van der Waals surface area contributed by atoms with Crippen LogP contribution in [0.1, 0.15) is 86.1 Å². The molecular formula is C129H89N13. The van der Waals surface area contributed by atoms with Crippen LogP contribution in [0, 0.1) is 22.7 Å². The van der Waals surface area contributed by atoms with Gasteiger partial charge >= 0.3 is 0 Å². The van der Waals surface area contributed by atoms with Gasteiger partial charge in [0.05, 0.1) is 67.8 Å². The zero-order valence-electron chi connectivity index (χ0n) is 78.8. The van der Waals surface area contributed by atoms with Gasteiger partial charge in [0.1, 0.15) is 0 Å². The Morgan fingerprint density at radius 1 is 0.183 bits per heavy atom. The van der Waals surface area contributed by atoms with E-state index in [2.05, 4.69) is 334 Å². The lowest BCUT2D eigenvalue weighted by Gasteiger charge is -2.21. The van der Waals surface area contributed by atoms with Gasteiger partial charge in [-0.3, -0.25) is 0 Å². The van der Waals surface area contributed by atoms with Crippen molar-refractivity contribution in [3.8, 4) is 165 Å². The molecule has 24 aromatic rings. The molecule has 0 N–H and O–H groups in total. The van der Waals surface area contributed by atoms with E-state index in [1.165, 1.54) is 121 Å². The summed E-state index contributed by atoms with van der Waals surface area (Å²) in [5.41, 5.74) is 37.1. The average molecular weight is 1820 g/mol. The Morgan fingerprint density at radius 2 is 0.472 bits per heavy atom. The van der Waals surface area contributed by atoms with Crippen LogP contribution in [-0.4, -0.2) is 53.6 Å². The number of rotatable bonds is 12. The predicted molar refractivity (Wildman–Crippen MR) is 576 cm³/mol. The molecule has 0 amide bonds. The molecule has 6 aromatic heterocycles. The number of nitriles is 2. The lowest BCUT2D eigenvalue weighted by molar-refractivity contribution is 0.661. The van der Waals surface area contributed by atoms with Crippen molar-refractivity contribution in [1.82, 2.24) is 53.6 Å². The first-order valence-electron chi connectivity index (χ1n) is 48.0. The third kappa shape index (κ3) is 14.4. The molecule has 3 aliphatic carbocycles. The molecule has 0 atom stereocenters. The van der Waals surface area contributed by atoms with Crippen molar-refractivity contribution in [2.24, 2.45) is 0 Å². The molecule has 0 spiro atoms. The number of nitrogens with zero attached hydrogens (tertiary/aromatic N) is 13. The minimum Gasteiger partial charge on any atom is -0.309 e. The third-order valence-electron chi connectivity index (χ3n) is 28.9. The summed E-state index contributed by atoms with van der Waals surface area (Å²) in [4.78, 5) is 39.7. The second-order valence-electron chi connectivity index (χ2n) is 38.4. The SMILES string of the molecule is CC1(C)c2ccccc2-c2cc3c(cc21)c1ccccc1n3-c1ccc(-c2nc(-c3ccccc3)nc(-c3ccccc3)n2)cc1.CC1(C)c2ccccc2-c2cc3c4ccccc4n(-c4cccc(-c5nc(-c6ccccc6)cc(-c6cccc(C#N)c6)n5)c4)c3cc21.CC1(C)c2ccccc2-c2cc3c4ccccc4n(-c4cccc(-c5nc(-c6ccccc6)nc(-c6cccc(C#N)c6)n5)c4)c3cc21. The first-order chi connectivity index (χ1) is 69.5. The number of fused-ring (bicyclic) bond motifs is 18. The van der Waals surface area contributed by atoms with Crippen molar-refractivity contribution in [2.75, 3.05) is 0 Å². The molecule has 13 nitrogen and oxygen atoms in total. The fraction of sp³-hybridized carbons (Fsp3) is 0.0698. The van der Waals surface area contributed by atoms with Crippen LogP contribution in [0.3, 0.4) is 0 Å². The van der Waals surface area contributed by atoms with Crippen LogP contribution in [0.15, 0.2) is 431 Å². The van der Waals surface area contributed by atoms with E-state index < -0.39 is 0 Å². The molecule has 142 heavy (non-hydrogen) atoms. The quantitative estimate of drug-likeness (QED) is 0.115. The molecule has 13 heteroatoms. The highest BCUT2D eigenvalue weighted by atomic mass is 15.1. The predicted octanol–water partition coefficient (Wildman–Crippen LogP) is 31.2. The first-order valence-corrected chi connectivity index (χ1v) is 48.0. The molecular weight excluding hydrogens is 1730 g/mol. The molecule has 0 bridgehead atoms. The van der Waals surface area contributed by atoms with Gasteiger partial charge in [-0.05, 0) is 200 Å². The number of hydrogen-bond acceptors (Lipinski definition) is 10. The second-order valence-corrected chi connectivity index (χ2v) is 38.4. The lowest BCUT2D eigenvalue weighted by atomic mass is 9.82. The van der Waals surface area contributed by atoms with Crippen LogP contribution in [0.5, 0.6) is 0 Å². The Balaban J connectivity index is 0.000000112. The van der Waals surface area contributed by atoms with Gasteiger partial charge in [0.25, 0.3) is 0 Å². The maximum Gasteiger partial charge on any atom is 0.164 e. The normalized spacial score (nSPS) is 13.0. The summed E-state index contributed by atoms with van der Waals surface area (Å²) in [6.45, 7) is 14.0. The number of hydrogen-bond donors (Lipinski definition) is 0. The minimum atomic E-state index is -0.110. The van der Waals surface area contributed by atoms with Gasteiger partial charge in [-0.25, -0.2) is 39.9 Å². The maximum absolute atomic E-state index is 9.59. The van der Waals surface area contributed by atoms with Gasteiger partial charge in [-0.15, -0.1) is 0 Å². The Kier molecular flexibility index (Phi) is 20.4. The third-order valence-corrected chi connectivity index (χ3v) is 28.9. The fourth-order valence-corrected chi connectivity index (χ4v) is 21.9. The van der Waals surface area contributed by atoms with Gasteiger partial charge in [0.2, 0.25) is 0 Å². The van der Waals surface area contributed by atoms with Crippen LogP contribution in [0.25, 0.3) is 218 Å². The summed E-state index contributed by atoms with van der Waals surface area (Å²) in [5, 5.41) is 26.6. The van der Waals surface area contributed by atoms with Crippen LogP contribution in [0.2, 0.25) is 0 Å². The monoisotopic (exact) mass is 1820 g/mol. The number of aromatic nitrogens is 11. The molecule has 3 aliphatic rings. The molecule has 0 unspecified atom stereocenters. The van der Waals surface area contributed by atoms with Crippen molar-refractivity contribution in [3.05, 3.63) is 475 Å². The Bertz CT molecular complexity index is 8920. The number of benzene rings is 18. The van der Waals surface area contributed by atoms with Gasteiger partial charge in [-0.2, -0.15) is 10.5 Å². The van der Waals surface area contributed by atoms with E-state index in [-0.39, 0.29) is 16.2 Å². The summed E-state index contributed by atoms with van der Waals surface area (Å²) in [6.07, 6.45) is 0. The van der Waals surface area contributed by atoms with E-state index in [0.717, 1.165) is 89.6 Å². The smallest absolute Gasteiger partial charge is 0.164 e. The summed E-state index contributed by atoms with van der Waals surface area (Å²) in [6, 6.07) is 154. The summed E-state index contributed by atoms with van der Waals surface area (Å²) in [5.74, 6) is 4.28. The number of para-hydroxylation sites is 3. The highest BCUT2D eigenvalue weighted by Gasteiger charge is 2.40. The van der Waals surface area contributed by atoms with Crippen LogP contribution >= 0.6 is 0 Å². The fourth-order valence-electron chi connectivity index (χ4n) is 21.9. The Morgan fingerprint density at radius 3 is 0.887 bits per heavy atom. The van der Waals surface area contributed by atoms with Crippen molar-refractivity contribution in [1.29, 1.82) is 10.5 Å². The largest absolute Gasteiger partial charge is 0.309 e. The zero-order valence-corrected chi connectivity index (χ0v) is 78.8. The van der Waals surface area contributed by atoms with Gasteiger partial charge < -0.3 is 13.7 Å². The van der Waals surface area contributed by atoms with E-state index in [1.807, 2.05) is 158 Å². The van der Waals surface area contributed by atoms with Gasteiger partial charge in [0, 0.05) is 116 Å². The first kappa shape index (κ1) is 85.1. The minimum absolute atomic E-state index is 0.0489. The average Bonchev–Trinajstić information content (AvgIpc) is 1.56. The molecule has 670 valence electrons. The van der Waals surface area contributed by atoms with Crippen LogP contribution in [-0.2, 0) is 16.2 Å². The standard InChI is InChI=1S/C44H30N4.C43H29N5.C42H30N4/c1-44(2)37-20-8-6-18-33(37)35-24-36-34-19-7-9-21-41(34)48(42(36)25-38(35)44)32-17-11-16-31(23-32)43-46-39(29-13-4-3-5-14-29)26-40(47-43)30-15-10-12-28(22-30)27-45;1-43(2)36-20-8-6-18-32(36)34-24-35-33-19-7-9-21-38(33)48(39(35)25-37(34)43)31-17-11-16-30(23-31)42-46-40(28-13-4-3-5-14-28)45-41(47-42)29-15-10-12-27(22-29)26-44;1-42(2)35-19-11-9-17-31(35)33-26-38-34(25-36(33)42)32-18-10-12-20-37(32)46(38)30-23-21-29(22-24-30)41-44-39(27-13-5-3-6-14-27)43-40(45-41)28-15-7-4-8-16-28/h3-26H,1-2H3;3-25H,1-2H3;3-26H,1-2H3. The van der Waals surface area contributed by atoms with E-state index in [4.69, 9.17) is 39.9 Å². The highest BCUT2D eigenvalue weighted by Crippen LogP contribution is 2.55. The molecule has 6 heterocycles. The van der Waals surface area contributed by atoms with E-state index in [0.29, 0.717) is 51.9 Å². The highest BCUT2D eigenvalue weighted by molar-refractivity contribution is 6.15. The van der Waals surface area contributed by atoms with Gasteiger partial charge in [-0.1, -0.05) is 339 Å². The van der Waals surface area contributed by atoms with E-state index in [9.17, 15) is 10.5 Å². The maximum atomic E-state index is 9.59. The van der Waals surface area contributed by atoms with Gasteiger partial charge in [0.15, 0.2) is 40.8 Å². The molecule has 0 radical (unpaired) electrons. The molecule has 0 aliphatic heterocycles. The van der Waals surface area contributed by atoms with Crippen molar-refractivity contribution in [3.63, 3.8) is 0 Å².